The fourth-order valence-electron chi connectivity index (χ4n) is 4.02. The Morgan fingerprint density at radius 2 is 1.94 bits per heavy atom. The number of para-hydroxylation sites is 3. The molecule has 34 heavy (non-hydrogen) atoms. The van der Waals surface area contributed by atoms with Crippen molar-refractivity contribution < 1.29 is 9.53 Å². The SMILES string of the molecule is C=CCc1ccccc1OCCCCn1c(C(C)NC(=O)c2cccnc2)nc2ccccc21. The molecule has 1 amide bonds. The number of aromatic nitrogens is 3. The molecule has 6 nitrogen and oxygen atoms in total. The van der Waals surface area contributed by atoms with Crippen LogP contribution in [-0.4, -0.2) is 27.0 Å². The van der Waals surface area contributed by atoms with E-state index in [1.165, 1.54) is 0 Å². The Hall–Kier alpha value is -3.93. The maximum atomic E-state index is 12.7. The molecule has 2 heterocycles. The van der Waals surface area contributed by atoms with Crippen LogP contribution in [0.5, 0.6) is 5.75 Å². The van der Waals surface area contributed by atoms with Crippen LogP contribution in [0.15, 0.2) is 85.7 Å². The first-order valence-corrected chi connectivity index (χ1v) is 11.6. The van der Waals surface area contributed by atoms with Gasteiger partial charge in [0.05, 0.1) is 29.2 Å². The smallest absolute Gasteiger partial charge is 0.253 e. The predicted octanol–water partition coefficient (Wildman–Crippen LogP) is 5.51. The van der Waals surface area contributed by atoms with E-state index in [9.17, 15) is 4.79 Å². The van der Waals surface area contributed by atoms with Crippen molar-refractivity contribution in [3.63, 3.8) is 0 Å². The van der Waals surface area contributed by atoms with E-state index in [1.807, 2.05) is 49.4 Å². The standard InChI is InChI=1S/C28H30N4O2/c1-3-11-22-12-4-7-16-26(22)34-19-9-8-18-32-25-15-6-5-14-24(25)31-27(32)21(2)30-28(33)23-13-10-17-29-20-23/h3-7,10,12-17,20-21H,1,8-9,11,18-19H2,2H3,(H,30,33). The van der Waals surface area contributed by atoms with Crippen molar-refractivity contribution in [3.05, 3.63) is 103 Å². The number of aryl methyl sites for hydroxylation is 1. The number of rotatable bonds is 11. The number of nitrogens with one attached hydrogen (secondary N) is 1. The van der Waals surface area contributed by atoms with Crippen LogP contribution in [0, 0.1) is 0 Å². The van der Waals surface area contributed by atoms with Gasteiger partial charge in [0.1, 0.15) is 11.6 Å². The zero-order valence-electron chi connectivity index (χ0n) is 19.5. The van der Waals surface area contributed by atoms with E-state index in [1.54, 1.807) is 24.5 Å². The molecular weight excluding hydrogens is 424 g/mol. The summed E-state index contributed by atoms with van der Waals surface area (Å²) in [6.07, 6.45) is 7.75. The molecule has 1 atom stereocenters. The molecule has 0 bridgehead atoms. The van der Waals surface area contributed by atoms with Crippen LogP contribution >= 0.6 is 0 Å². The van der Waals surface area contributed by atoms with Gasteiger partial charge in [0.2, 0.25) is 0 Å². The summed E-state index contributed by atoms with van der Waals surface area (Å²) in [6.45, 7) is 7.22. The first-order chi connectivity index (χ1) is 16.7. The molecule has 1 unspecified atom stereocenters. The van der Waals surface area contributed by atoms with Crippen LogP contribution in [0.4, 0.5) is 0 Å². The second-order valence-electron chi connectivity index (χ2n) is 8.20. The summed E-state index contributed by atoms with van der Waals surface area (Å²) in [4.78, 5) is 21.5. The monoisotopic (exact) mass is 454 g/mol. The Bertz CT molecular complexity index is 1250. The summed E-state index contributed by atoms with van der Waals surface area (Å²) in [5, 5.41) is 3.06. The molecule has 0 radical (unpaired) electrons. The lowest BCUT2D eigenvalue weighted by molar-refractivity contribution is 0.0937. The maximum Gasteiger partial charge on any atom is 0.253 e. The number of nitrogens with zero attached hydrogens (tertiary/aromatic N) is 3. The van der Waals surface area contributed by atoms with Gasteiger partial charge in [0, 0.05) is 18.9 Å². The van der Waals surface area contributed by atoms with Crippen molar-refractivity contribution in [2.45, 2.75) is 38.8 Å². The van der Waals surface area contributed by atoms with Crippen LogP contribution in [-0.2, 0) is 13.0 Å². The minimum atomic E-state index is -0.248. The molecule has 4 aromatic rings. The second kappa shape index (κ2) is 11.3. The van der Waals surface area contributed by atoms with Gasteiger partial charge in [-0.05, 0) is 62.1 Å². The Morgan fingerprint density at radius 1 is 1.12 bits per heavy atom. The van der Waals surface area contributed by atoms with Gasteiger partial charge in [0.15, 0.2) is 0 Å². The lowest BCUT2D eigenvalue weighted by atomic mass is 10.1. The number of pyridine rings is 1. The van der Waals surface area contributed by atoms with E-state index in [2.05, 4.69) is 33.6 Å². The van der Waals surface area contributed by atoms with Crippen LogP contribution in [0.25, 0.3) is 11.0 Å². The van der Waals surface area contributed by atoms with E-state index in [0.717, 1.165) is 54.0 Å². The quantitative estimate of drug-likeness (QED) is 0.240. The van der Waals surface area contributed by atoms with E-state index in [-0.39, 0.29) is 11.9 Å². The van der Waals surface area contributed by atoms with E-state index in [0.29, 0.717) is 12.2 Å². The highest BCUT2D eigenvalue weighted by molar-refractivity contribution is 5.94. The molecule has 0 saturated heterocycles. The van der Waals surface area contributed by atoms with Gasteiger partial charge >= 0.3 is 0 Å². The molecular formula is C28H30N4O2. The maximum absolute atomic E-state index is 12.7. The predicted molar refractivity (Wildman–Crippen MR) is 135 cm³/mol. The fourth-order valence-corrected chi connectivity index (χ4v) is 4.02. The number of ether oxygens (including phenoxy) is 1. The number of hydrogen-bond donors (Lipinski definition) is 1. The van der Waals surface area contributed by atoms with Crippen molar-refractivity contribution in [2.75, 3.05) is 6.61 Å². The van der Waals surface area contributed by atoms with Crippen molar-refractivity contribution in [1.82, 2.24) is 19.9 Å². The molecule has 0 fully saturated rings. The largest absolute Gasteiger partial charge is 0.493 e. The zero-order valence-corrected chi connectivity index (χ0v) is 19.5. The third-order valence-corrected chi connectivity index (χ3v) is 5.71. The summed E-state index contributed by atoms with van der Waals surface area (Å²) in [5.74, 6) is 1.60. The van der Waals surface area contributed by atoms with Crippen molar-refractivity contribution in [1.29, 1.82) is 0 Å². The molecule has 2 aromatic carbocycles. The minimum absolute atomic E-state index is 0.161. The summed E-state index contributed by atoms with van der Waals surface area (Å²) in [7, 11) is 0. The van der Waals surface area contributed by atoms with Crippen LogP contribution in [0.1, 0.15) is 47.6 Å². The Morgan fingerprint density at radius 3 is 2.76 bits per heavy atom. The summed E-state index contributed by atoms with van der Waals surface area (Å²) in [6, 6.07) is 19.4. The highest BCUT2D eigenvalue weighted by Gasteiger charge is 2.19. The second-order valence-corrected chi connectivity index (χ2v) is 8.20. The average Bonchev–Trinajstić information content (AvgIpc) is 3.24. The molecule has 1 N–H and O–H groups in total. The van der Waals surface area contributed by atoms with Gasteiger partial charge in [-0.15, -0.1) is 6.58 Å². The van der Waals surface area contributed by atoms with Gasteiger partial charge in [-0.1, -0.05) is 36.4 Å². The first kappa shape index (κ1) is 23.2. The molecule has 0 saturated carbocycles. The summed E-state index contributed by atoms with van der Waals surface area (Å²) in [5.41, 5.74) is 3.68. The topological polar surface area (TPSA) is 69.0 Å². The molecule has 2 aromatic heterocycles. The zero-order chi connectivity index (χ0) is 23.8. The average molecular weight is 455 g/mol. The van der Waals surface area contributed by atoms with Gasteiger partial charge in [-0.3, -0.25) is 9.78 Å². The van der Waals surface area contributed by atoms with Crippen molar-refractivity contribution in [3.8, 4) is 5.75 Å². The van der Waals surface area contributed by atoms with E-state index >= 15 is 0 Å². The number of fused-ring (bicyclic) bond motifs is 1. The molecule has 174 valence electrons. The Kier molecular flexibility index (Phi) is 7.71. The number of amides is 1. The van der Waals surface area contributed by atoms with E-state index < -0.39 is 0 Å². The van der Waals surface area contributed by atoms with Gasteiger partial charge in [-0.25, -0.2) is 4.98 Å². The fraction of sp³-hybridized carbons (Fsp3) is 0.250. The third kappa shape index (κ3) is 5.52. The highest BCUT2D eigenvalue weighted by Crippen LogP contribution is 2.23. The number of unbranched alkanes of at least 4 members (excludes halogenated alkanes) is 1. The van der Waals surface area contributed by atoms with Crippen molar-refractivity contribution >= 4 is 16.9 Å². The van der Waals surface area contributed by atoms with Crippen LogP contribution in [0.2, 0.25) is 0 Å². The third-order valence-electron chi connectivity index (χ3n) is 5.71. The Balaban J connectivity index is 1.41. The molecule has 6 heteroatoms. The van der Waals surface area contributed by atoms with Gasteiger partial charge in [-0.2, -0.15) is 0 Å². The highest BCUT2D eigenvalue weighted by atomic mass is 16.5. The lowest BCUT2D eigenvalue weighted by Crippen LogP contribution is -2.28. The Labute approximate surface area is 200 Å². The van der Waals surface area contributed by atoms with Crippen LogP contribution in [0.3, 0.4) is 0 Å². The normalized spacial score (nSPS) is 11.8. The molecule has 0 aliphatic carbocycles. The number of imidazole rings is 1. The number of hydrogen-bond acceptors (Lipinski definition) is 4. The molecule has 0 aliphatic heterocycles. The molecule has 4 rings (SSSR count). The van der Waals surface area contributed by atoms with E-state index in [4.69, 9.17) is 9.72 Å². The number of carbonyl (C=O) groups is 1. The summed E-state index contributed by atoms with van der Waals surface area (Å²) < 4.78 is 8.24. The lowest BCUT2D eigenvalue weighted by Gasteiger charge is -2.16. The molecule has 0 aliphatic rings. The molecule has 0 spiro atoms. The minimum Gasteiger partial charge on any atom is -0.493 e. The van der Waals surface area contributed by atoms with Gasteiger partial charge < -0.3 is 14.6 Å². The number of allylic oxidation sites excluding steroid dienone is 1. The first-order valence-electron chi connectivity index (χ1n) is 11.6. The van der Waals surface area contributed by atoms with Crippen molar-refractivity contribution in [2.24, 2.45) is 0 Å². The van der Waals surface area contributed by atoms with Crippen LogP contribution < -0.4 is 10.1 Å². The number of carbonyl (C=O) groups excluding carboxylic acids is 1. The summed E-state index contributed by atoms with van der Waals surface area (Å²) >= 11 is 0. The van der Waals surface area contributed by atoms with Gasteiger partial charge in [0.25, 0.3) is 5.91 Å². The number of benzene rings is 2.